The van der Waals surface area contributed by atoms with Crippen LogP contribution in [0.15, 0.2) is 0 Å². The molecule has 1 N–H and O–H groups in total. The van der Waals surface area contributed by atoms with Crippen LogP contribution in [0.5, 0.6) is 0 Å². The van der Waals surface area contributed by atoms with Crippen molar-refractivity contribution in [2.24, 2.45) is 5.92 Å². The van der Waals surface area contributed by atoms with Gasteiger partial charge in [-0.25, -0.2) is 0 Å². The highest BCUT2D eigenvalue weighted by Gasteiger charge is 2.23. The van der Waals surface area contributed by atoms with E-state index >= 15 is 0 Å². The Morgan fingerprint density at radius 1 is 0.882 bits per heavy atom. The molecule has 2 heteroatoms. The Labute approximate surface area is 109 Å². The summed E-state index contributed by atoms with van der Waals surface area (Å²) in [6.07, 6.45) is 4.19. The molecule has 2 aliphatic rings. The highest BCUT2D eigenvalue weighted by Crippen LogP contribution is 2.19. The molecule has 0 atom stereocenters. The minimum absolute atomic E-state index is 0.413. The lowest BCUT2D eigenvalue weighted by molar-refractivity contribution is 0.175. The van der Waals surface area contributed by atoms with Gasteiger partial charge in [-0.15, -0.1) is 0 Å². The van der Waals surface area contributed by atoms with Crippen molar-refractivity contribution < 1.29 is 0 Å². The van der Waals surface area contributed by atoms with Crippen LogP contribution in [0.1, 0.15) is 60.8 Å². The van der Waals surface area contributed by atoms with Crippen molar-refractivity contribution in [1.82, 2.24) is 10.2 Å². The Bertz CT molecular complexity index is 153. The number of nitrogens with zero attached hydrogens (tertiary/aromatic N) is 1. The highest BCUT2D eigenvalue weighted by molar-refractivity contribution is 4.79. The molecule has 2 rings (SSSR count). The summed E-state index contributed by atoms with van der Waals surface area (Å²) in [4.78, 5) is 2.55. The largest absolute Gasteiger partial charge is 0.317 e. The Morgan fingerprint density at radius 2 is 1.18 bits per heavy atom. The second-order valence-corrected chi connectivity index (χ2v) is 6.70. The van der Waals surface area contributed by atoms with Crippen molar-refractivity contribution in [2.75, 3.05) is 26.2 Å². The first kappa shape index (κ1) is 16.9. The molecule has 0 radical (unpaired) electrons. The van der Waals surface area contributed by atoms with Crippen LogP contribution in [-0.2, 0) is 0 Å². The maximum atomic E-state index is 3.11. The Kier molecular flexibility index (Phi) is 8.89. The molecular weight excluding hydrogens is 208 g/mol. The third-order valence-electron chi connectivity index (χ3n) is 2.76. The third-order valence-corrected chi connectivity index (χ3v) is 2.76. The first-order valence-electron chi connectivity index (χ1n) is 7.30. The molecule has 2 saturated heterocycles. The van der Waals surface area contributed by atoms with E-state index in [0.29, 0.717) is 5.54 Å². The van der Waals surface area contributed by atoms with Gasteiger partial charge in [0.25, 0.3) is 0 Å². The van der Waals surface area contributed by atoms with Gasteiger partial charge in [0.15, 0.2) is 0 Å². The molecule has 0 aromatic carbocycles. The van der Waals surface area contributed by atoms with Crippen LogP contribution in [-0.4, -0.2) is 36.6 Å². The van der Waals surface area contributed by atoms with Gasteiger partial charge in [0.2, 0.25) is 0 Å². The molecule has 0 bridgehead atoms. The molecule has 2 heterocycles. The van der Waals surface area contributed by atoms with Gasteiger partial charge in [-0.05, 0) is 72.1 Å². The predicted octanol–water partition coefficient (Wildman–Crippen LogP) is 3.52. The summed E-state index contributed by atoms with van der Waals surface area (Å²) in [5.74, 6) is 0.833. The summed E-state index contributed by atoms with van der Waals surface area (Å²) in [7, 11) is 0. The first-order valence-corrected chi connectivity index (χ1v) is 7.30. The van der Waals surface area contributed by atoms with Crippen molar-refractivity contribution in [3.63, 3.8) is 0 Å². The normalized spacial score (nSPS) is 19.9. The number of hydrogen-bond acceptors (Lipinski definition) is 2. The fraction of sp³-hybridized carbons (Fsp3) is 1.00. The second kappa shape index (κ2) is 8.93. The molecule has 0 amide bonds. The van der Waals surface area contributed by atoms with Gasteiger partial charge in [-0.2, -0.15) is 0 Å². The summed E-state index contributed by atoms with van der Waals surface area (Å²) in [6.45, 7) is 18.5. The number of rotatable bonds is 0. The van der Waals surface area contributed by atoms with Gasteiger partial charge in [-0.1, -0.05) is 20.8 Å². The molecule has 17 heavy (non-hydrogen) atoms. The summed E-state index contributed by atoms with van der Waals surface area (Å²) in [5.41, 5.74) is 0.413. The lowest BCUT2D eigenvalue weighted by atomic mass is 10.1. The van der Waals surface area contributed by atoms with Crippen LogP contribution < -0.4 is 5.32 Å². The number of nitrogens with one attached hydrogen (secondary N) is 1. The summed E-state index contributed by atoms with van der Waals surface area (Å²) in [6, 6.07) is 0. The molecule has 0 aromatic rings. The van der Waals surface area contributed by atoms with Crippen molar-refractivity contribution >= 4 is 0 Å². The van der Waals surface area contributed by atoms with E-state index in [2.05, 4.69) is 51.8 Å². The Morgan fingerprint density at radius 3 is 1.29 bits per heavy atom. The number of hydrogen-bond donors (Lipinski definition) is 1. The maximum absolute atomic E-state index is 3.11. The van der Waals surface area contributed by atoms with Crippen LogP contribution in [0.25, 0.3) is 0 Å². The van der Waals surface area contributed by atoms with Crippen LogP contribution in [0.2, 0.25) is 0 Å². The molecule has 2 nitrogen and oxygen atoms in total. The van der Waals surface area contributed by atoms with E-state index < -0.39 is 0 Å². The van der Waals surface area contributed by atoms with E-state index in [1.807, 2.05) is 0 Å². The number of likely N-dealkylation sites (tertiary alicyclic amines) is 1. The average Bonchev–Trinajstić information content (AvgIpc) is 2.47. The highest BCUT2D eigenvalue weighted by atomic mass is 15.2. The fourth-order valence-electron chi connectivity index (χ4n) is 1.56. The minimum atomic E-state index is 0.413. The van der Waals surface area contributed by atoms with Crippen LogP contribution in [0.3, 0.4) is 0 Å². The molecular formula is C15H34N2. The van der Waals surface area contributed by atoms with Gasteiger partial charge in [-0.3, -0.25) is 4.90 Å². The molecule has 2 aliphatic heterocycles. The van der Waals surface area contributed by atoms with Crippen molar-refractivity contribution in [3.8, 4) is 0 Å². The fourth-order valence-corrected chi connectivity index (χ4v) is 1.56. The zero-order valence-corrected chi connectivity index (χ0v) is 13.0. The van der Waals surface area contributed by atoms with E-state index in [1.165, 1.54) is 45.4 Å². The standard InChI is InChI=1S/C8H17N.C4H10.C3H7N/c1-8(2,3)9-6-4-5-7-9;1-4(2)3;1-2-4-3-1/h4-7H2,1-3H3;4H,1-3H3;4H,1-3H2. The molecule has 0 saturated carbocycles. The quantitative estimate of drug-likeness (QED) is 0.699. The zero-order chi connectivity index (χ0) is 13.3. The second-order valence-electron chi connectivity index (χ2n) is 6.70. The molecule has 0 spiro atoms. The topological polar surface area (TPSA) is 15.3 Å². The smallest absolute Gasteiger partial charge is 0.0125 e. The molecule has 0 aromatic heterocycles. The van der Waals surface area contributed by atoms with Crippen molar-refractivity contribution in [3.05, 3.63) is 0 Å². The average molecular weight is 242 g/mol. The molecule has 0 aliphatic carbocycles. The Balaban J connectivity index is 0.000000266. The van der Waals surface area contributed by atoms with E-state index in [4.69, 9.17) is 0 Å². The maximum Gasteiger partial charge on any atom is 0.0125 e. The van der Waals surface area contributed by atoms with Gasteiger partial charge < -0.3 is 5.32 Å². The molecule has 104 valence electrons. The lowest BCUT2D eigenvalue weighted by Gasteiger charge is -2.31. The first-order chi connectivity index (χ1) is 7.84. The molecule has 2 fully saturated rings. The predicted molar refractivity (Wildman–Crippen MR) is 78.6 cm³/mol. The minimum Gasteiger partial charge on any atom is -0.317 e. The van der Waals surface area contributed by atoms with Crippen LogP contribution in [0, 0.1) is 5.92 Å². The van der Waals surface area contributed by atoms with E-state index in [1.54, 1.807) is 0 Å². The van der Waals surface area contributed by atoms with Crippen molar-refractivity contribution in [1.29, 1.82) is 0 Å². The summed E-state index contributed by atoms with van der Waals surface area (Å²) >= 11 is 0. The van der Waals surface area contributed by atoms with Gasteiger partial charge in [0.1, 0.15) is 0 Å². The monoisotopic (exact) mass is 242 g/mol. The SMILES string of the molecule is C1CNC1.CC(C)(C)N1CCCC1.CC(C)C. The van der Waals surface area contributed by atoms with Crippen LogP contribution >= 0.6 is 0 Å². The third kappa shape index (κ3) is 10.8. The van der Waals surface area contributed by atoms with E-state index in [9.17, 15) is 0 Å². The van der Waals surface area contributed by atoms with Crippen molar-refractivity contribution in [2.45, 2.75) is 66.3 Å². The van der Waals surface area contributed by atoms with Gasteiger partial charge in [0, 0.05) is 5.54 Å². The van der Waals surface area contributed by atoms with Gasteiger partial charge >= 0.3 is 0 Å². The van der Waals surface area contributed by atoms with E-state index in [0.717, 1.165) is 5.92 Å². The molecule has 0 unspecified atom stereocenters. The zero-order valence-electron chi connectivity index (χ0n) is 13.0. The lowest BCUT2D eigenvalue weighted by Crippen LogP contribution is -2.38. The van der Waals surface area contributed by atoms with Crippen LogP contribution in [0.4, 0.5) is 0 Å². The summed E-state index contributed by atoms with van der Waals surface area (Å²) < 4.78 is 0. The van der Waals surface area contributed by atoms with E-state index in [-0.39, 0.29) is 0 Å². The Hall–Kier alpha value is -0.0800. The van der Waals surface area contributed by atoms with Gasteiger partial charge in [0.05, 0.1) is 0 Å². The summed E-state index contributed by atoms with van der Waals surface area (Å²) in [5, 5.41) is 3.11.